The fourth-order valence-corrected chi connectivity index (χ4v) is 2.40. The summed E-state index contributed by atoms with van der Waals surface area (Å²) in [5, 5.41) is 13.6. The van der Waals surface area contributed by atoms with Crippen molar-refractivity contribution in [3.8, 4) is 5.69 Å². The Balaban J connectivity index is 2.44. The number of hydrogen-bond acceptors (Lipinski definition) is 2. The van der Waals surface area contributed by atoms with Crippen molar-refractivity contribution in [2.45, 2.75) is 34.1 Å². The highest BCUT2D eigenvalue weighted by atomic mass is 16.4. The van der Waals surface area contributed by atoms with Gasteiger partial charge in [-0.3, -0.25) is 4.79 Å². The van der Waals surface area contributed by atoms with Crippen molar-refractivity contribution < 1.29 is 9.90 Å². The number of aromatic nitrogens is 2. The monoisotopic (exact) mass is 272 g/mol. The largest absolute Gasteiger partial charge is 0.481 e. The summed E-state index contributed by atoms with van der Waals surface area (Å²) >= 11 is 0. The van der Waals surface area contributed by atoms with Crippen molar-refractivity contribution in [2.75, 3.05) is 0 Å². The maximum absolute atomic E-state index is 11.0. The number of carboxylic acids is 1. The van der Waals surface area contributed by atoms with Crippen LogP contribution in [-0.2, 0) is 11.2 Å². The van der Waals surface area contributed by atoms with Crippen LogP contribution in [0.5, 0.6) is 0 Å². The zero-order valence-electron chi connectivity index (χ0n) is 12.3. The van der Waals surface area contributed by atoms with Gasteiger partial charge in [0, 0.05) is 5.69 Å². The Kier molecular flexibility index (Phi) is 3.93. The van der Waals surface area contributed by atoms with Gasteiger partial charge in [0.2, 0.25) is 0 Å². The molecule has 0 saturated carbocycles. The molecule has 0 saturated heterocycles. The Morgan fingerprint density at radius 1 is 1.30 bits per heavy atom. The Bertz CT molecular complexity index is 644. The highest BCUT2D eigenvalue weighted by molar-refractivity contribution is 5.70. The highest BCUT2D eigenvalue weighted by Gasteiger charge is 2.19. The molecule has 1 aromatic carbocycles. The number of para-hydroxylation sites is 1. The number of aliphatic carboxylic acids is 1. The van der Waals surface area contributed by atoms with Crippen molar-refractivity contribution in [1.29, 1.82) is 0 Å². The van der Waals surface area contributed by atoms with Gasteiger partial charge < -0.3 is 5.11 Å². The molecule has 1 N–H and O–H groups in total. The van der Waals surface area contributed by atoms with E-state index in [1.54, 1.807) is 6.92 Å². The van der Waals surface area contributed by atoms with E-state index in [9.17, 15) is 4.79 Å². The molecule has 0 aliphatic heterocycles. The van der Waals surface area contributed by atoms with Crippen LogP contribution >= 0.6 is 0 Å². The summed E-state index contributed by atoms with van der Waals surface area (Å²) < 4.78 is 1.91. The fourth-order valence-electron chi connectivity index (χ4n) is 2.40. The zero-order chi connectivity index (χ0) is 14.9. The third-order valence-electron chi connectivity index (χ3n) is 3.72. The average Bonchev–Trinajstić information content (AvgIpc) is 2.67. The molecule has 0 aliphatic carbocycles. The number of carboxylic acid groups (broad SMARTS) is 1. The molecule has 2 rings (SSSR count). The van der Waals surface area contributed by atoms with Crippen LogP contribution in [0.2, 0.25) is 0 Å². The van der Waals surface area contributed by atoms with Crippen LogP contribution in [-0.4, -0.2) is 20.9 Å². The predicted molar refractivity (Wildman–Crippen MR) is 78.3 cm³/mol. The molecule has 106 valence electrons. The first-order valence-electron chi connectivity index (χ1n) is 6.75. The normalized spacial score (nSPS) is 12.4. The van der Waals surface area contributed by atoms with Gasteiger partial charge >= 0.3 is 5.97 Å². The van der Waals surface area contributed by atoms with E-state index in [1.807, 2.05) is 49.7 Å². The number of carbonyl (C=O) groups is 1. The van der Waals surface area contributed by atoms with Crippen molar-refractivity contribution in [2.24, 2.45) is 5.92 Å². The lowest BCUT2D eigenvalue weighted by Gasteiger charge is -2.09. The predicted octanol–water partition coefficient (Wildman–Crippen LogP) is 3.06. The van der Waals surface area contributed by atoms with E-state index in [4.69, 9.17) is 5.11 Å². The SMILES string of the molecule is Cc1ccccc1-n1nc(C)c(CC(C)C(=O)O)c1C. The van der Waals surface area contributed by atoms with Crippen LogP contribution in [0.25, 0.3) is 5.69 Å². The van der Waals surface area contributed by atoms with Gasteiger partial charge in [0.15, 0.2) is 0 Å². The van der Waals surface area contributed by atoms with E-state index in [1.165, 1.54) is 0 Å². The van der Waals surface area contributed by atoms with Gasteiger partial charge in [-0.1, -0.05) is 25.1 Å². The molecule has 0 fully saturated rings. The Morgan fingerprint density at radius 2 is 1.95 bits per heavy atom. The molecule has 20 heavy (non-hydrogen) atoms. The van der Waals surface area contributed by atoms with Crippen molar-refractivity contribution in [3.63, 3.8) is 0 Å². The minimum Gasteiger partial charge on any atom is -0.481 e. The topological polar surface area (TPSA) is 55.1 Å². The average molecular weight is 272 g/mol. The maximum atomic E-state index is 11.0. The minimum atomic E-state index is -0.771. The van der Waals surface area contributed by atoms with Gasteiger partial charge in [-0.05, 0) is 44.4 Å². The first-order chi connectivity index (χ1) is 9.41. The van der Waals surface area contributed by atoms with E-state index in [2.05, 4.69) is 5.10 Å². The molecule has 1 aromatic heterocycles. The van der Waals surface area contributed by atoms with Crippen LogP contribution < -0.4 is 0 Å². The molecule has 1 unspecified atom stereocenters. The van der Waals surface area contributed by atoms with Crippen molar-refractivity contribution in [3.05, 3.63) is 46.8 Å². The summed E-state index contributed by atoms with van der Waals surface area (Å²) in [7, 11) is 0. The molecule has 0 amide bonds. The van der Waals surface area contributed by atoms with E-state index in [0.717, 1.165) is 28.2 Å². The lowest BCUT2D eigenvalue weighted by Crippen LogP contribution is -2.13. The fraction of sp³-hybridized carbons (Fsp3) is 0.375. The Hall–Kier alpha value is -2.10. The molecule has 1 atom stereocenters. The van der Waals surface area contributed by atoms with Gasteiger partial charge in [0.25, 0.3) is 0 Å². The first kappa shape index (κ1) is 14.3. The van der Waals surface area contributed by atoms with E-state index in [0.29, 0.717) is 6.42 Å². The van der Waals surface area contributed by atoms with Crippen LogP contribution in [0.3, 0.4) is 0 Å². The standard InChI is InChI=1S/C16H20N2O2/c1-10-7-5-6-8-15(10)18-13(4)14(12(3)17-18)9-11(2)16(19)20/h5-8,11H,9H2,1-4H3,(H,19,20). The van der Waals surface area contributed by atoms with Gasteiger partial charge in [0.05, 0.1) is 17.3 Å². The van der Waals surface area contributed by atoms with Gasteiger partial charge in [0.1, 0.15) is 0 Å². The van der Waals surface area contributed by atoms with Crippen LogP contribution in [0, 0.1) is 26.7 Å². The smallest absolute Gasteiger partial charge is 0.306 e. The number of aryl methyl sites for hydroxylation is 2. The molecule has 4 nitrogen and oxygen atoms in total. The molecule has 4 heteroatoms. The Morgan fingerprint density at radius 3 is 2.55 bits per heavy atom. The summed E-state index contributed by atoms with van der Waals surface area (Å²) in [5.74, 6) is -1.17. The van der Waals surface area contributed by atoms with Crippen molar-refractivity contribution >= 4 is 5.97 Å². The summed E-state index contributed by atoms with van der Waals surface area (Å²) in [6, 6.07) is 8.06. The molecule has 0 radical (unpaired) electrons. The van der Waals surface area contributed by atoms with Crippen LogP contribution in [0.15, 0.2) is 24.3 Å². The molecule has 0 bridgehead atoms. The molecule has 0 aliphatic rings. The quantitative estimate of drug-likeness (QED) is 0.930. The Labute approximate surface area is 119 Å². The van der Waals surface area contributed by atoms with E-state index in [-0.39, 0.29) is 0 Å². The second-order valence-electron chi connectivity index (χ2n) is 5.29. The van der Waals surface area contributed by atoms with E-state index < -0.39 is 11.9 Å². The maximum Gasteiger partial charge on any atom is 0.306 e. The molecular formula is C16H20N2O2. The highest BCUT2D eigenvalue weighted by Crippen LogP contribution is 2.22. The summed E-state index contributed by atoms with van der Waals surface area (Å²) in [6.07, 6.45) is 0.513. The number of benzene rings is 1. The number of hydrogen-bond donors (Lipinski definition) is 1. The second-order valence-corrected chi connectivity index (χ2v) is 5.29. The van der Waals surface area contributed by atoms with Gasteiger partial charge in [-0.25, -0.2) is 4.68 Å². The lowest BCUT2D eigenvalue weighted by molar-refractivity contribution is -0.141. The summed E-state index contributed by atoms with van der Waals surface area (Å²) in [5.41, 5.74) is 5.14. The van der Waals surface area contributed by atoms with Crippen molar-refractivity contribution in [1.82, 2.24) is 9.78 Å². The minimum absolute atomic E-state index is 0.401. The molecular weight excluding hydrogens is 252 g/mol. The summed E-state index contributed by atoms with van der Waals surface area (Å²) in [6.45, 7) is 7.71. The zero-order valence-corrected chi connectivity index (χ0v) is 12.3. The second kappa shape index (κ2) is 5.49. The summed E-state index contributed by atoms with van der Waals surface area (Å²) in [4.78, 5) is 11.0. The molecule has 2 aromatic rings. The molecule has 0 spiro atoms. The van der Waals surface area contributed by atoms with Gasteiger partial charge in [-0.15, -0.1) is 0 Å². The number of nitrogens with zero attached hydrogens (tertiary/aromatic N) is 2. The van der Waals surface area contributed by atoms with Crippen LogP contribution in [0.1, 0.15) is 29.4 Å². The molecule has 1 heterocycles. The van der Waals surface area contributed by atoms with Crippen LogP contribution in [0.4, 0.5) is 0 Å². The third-order valence-corrected chi connectivity index (χ3v) is 3.72. The first-order valence-corrected chi connectivity index (χ1v) is 6.75. The lowest BCUT2D eigenvalue weighted by atomic mass is 10.00. The van der Waals surface area contributed by atoms with Gasteiger partial charge in [-0.2, -0.15) is 5.10 Å². The van der Waals surface area contributed by atoms with E-state index >= 15 is 0 Å². The number of rotatable bonds is 4. The third kappa shape index (κ3) is 2.59.